The van der Waals surface area contributed by atoms with Gasteiger partial charge in [0.15, 0.2) is 15.7 Å². The van der Waals surface area contributed by atoms with Gasteiger partial charge in [0.05, 0.1) is 10.6 Å². The van der Waals surface area contributed by atoms with E-state index in [2.05, 4.69) is 20.4 Å². The minimum absolute atomic E-state index is 0.0555. The molecule has 4 aromatic rings. The largest absolute Gasteiger partial charge is 0.489 e. The molecule has 0 bridgehead atoms. The second-order valence-corrected chi connectivity index (χ2v) is 9.60. The van der Waals surface area contributed by atoms with Crippen LogP contribution in [0.15, 0.2) is 58.4 Å². The molecule has 0 saturated heterocycles. The Labute approximate surface area is 190 Å². The summed E-state index contributed by atoms with van der Waals surface area (Å²) in [5.74, 6) is 1.17. The molecule has 33 heavy (non-hydrogen) atoms. The zero-order chi connectivity index (χ0) is 23.8. The first-order chi connectivity index (χ1) is 15.6. The molecule has 0 atom stereocenters. The predicted molar refractivity (Wildman–Crippen MR) is 121 cm³/mol. The molecule has 2 aromatic carbocycles. The highest BCUT2D eigenvalue weighted by atomic mass is 32.2. The molecule has 0 unspecified atom stereocenters. The van der Waals surface area contributed by atoms with Crippen LogP contribution in [0.2, 0.25) is 0 Å². The predicted octanol–water partition coefficient (Wildman–Crippen LogP) is 2.02. The van der Waals surface area contributed by atoms with E-state index in [1.165, 1.54) is 13.1 Å². The van der Waals surface area contributed by atoms with Crippen LogP contribution in [0.3, 0.4) is 0 Å². The van der Waals surface area contributed by atoms with Crippen molar-refractivity contribution in [2.75, 3.05) is 6.26 Å². The van der Waals surface area contributed by atoms with Gasteiger partial charge in [-0.25, -0.2) is 23.2 Å². The molecule has 0 radical (unpaired) electrons. The normalized spacial score (nSPS) is 11.5. The lowest BCUT2D eigenvalue weighted by Crippen LogP contribution is -2.23. The van der Waals surface area contributed by atoms with Gasteiger partial charge in [-0.2, -0.15) is 9.36 Å². The maximum atomic E-state index is 12.4. The Hall–Kier alpha value is -3.86. The lowest BCUT2D eigenvalue weighted by atomic mass is 10.1. The molecule has 0 saturated carbocycles. The third-order valence-corrected chi connectivity index (χ3v) is 6.24. The fourth-order valence-electron chi connectivity index (χ4n) is 3.40. The number of nitrogens with zero attached hydrogens (tertiary/aromatic N) is 6. The third kappa shape index (κ3) is 4.53. The van der Waals surface area contributed by atoms with Crippen LogP contribution in [0.1, 0.15) is 16.8 Å². The molecule has 0 N–H and O–H groups in total. The molecule has 0 aliphatic rings. The van der Waals surface area contributed by atoms with Crippen molar-refractivity contribution in [3.05, 3.63) is 76.0 Å². The van der Waals surface area contributed by atoms with Crippen molar-refractivity contribution in [2.45, 2.75) is 25.3 Å². The van der Waals surface area contributed by atoms with E-state index < -0.39 is 15.5 Å². The average molecular weight is 467 g/mol. The zero-order valence-electron chi connectivity index (χ0n) is 18.6. The van der Waals surface area contributed by atoms with Crippen LogP contribution < -0.4 is 10.4 Å². The van der Waals surface area contributed by atoms with E-state index >= 15 is 0 Å². The molecule has 0 fully saturated rings. The quantitative estimate of drug-likeness (QED) is 0.423. The van der Waals surface area contributed by atoms with Gasteiger partial charge in [0.25, 0.3) is 0 Å². The van der Waals surface area contributed by atoms with E-state index in [0.29, 0.717) is 22.8 Å². The molecule has 10 nitrogen and oxygen atoms in total. The van der Waals surface area contributed by atoms with E-state index in [1.54, 1.807) is 24.4 Å². The number of aromatic nitrogens is 6. The highest BCUT2D eigenvalue weighted by Crippen LogP contribution is 2.28. The second kappa shape index (κ2) is 8.58. The van der Waals surface area contributed by atoms with E-state index in [4.69, 9.17) is 4.74 Å². The van der Waals surface area contributed by atoms with E-state index in [1.807, 2.05) is 32.0 Å². The SMILES string of the molecule is Cc1ccnc(-c2ccc(OCc3c(-n4nnn(C)c4=O)cccc3S(C)(=O)=O)c(C)c2)n1. The Morgan fingerprint density at radius 1 is 1.06 bits per heavy atom. The molecule has 0 aliphatic heterocycles. The number of ether oxygens (including phenoxy) is 1. The fraction of sp³-hybridized carbons (Fsp3) is 0.227. The molecule has 170 valence electrons. The van der Waals surface area contributed by atoms with Gasteiger partial charge in [0.1, 0.15) is 12.4 Å². The molecular weight excluding hydrogens is 444 g/mol. The van der Waals surface area contributed by atoms with Gasteiger partial charge < -0.3 is 4.74 Å². The molecule has 0 aliphatic carbocycles. The van der Waals surface area contributed by atoms with Crippen LogP contribution in [-0.4, -0.2) is 44.4 Å². The van der Waals surface area contributed by atoms with Gasteiger partial charge in [-0.3, -0.25) is 0 Å². The first-order valence-corrected chi connectivity index (χ1v) is 11.9. The molecule has 0 spiro atoms. The van der Waals surface area contributed by atoms with Crippen LogP contribution in [0.5, 0.6) is 5.75 Å². The van der Waals surface area contributed by atoms with Crippen LogP contribution in [0, 0.1) is 13.8 Å². The van der Waals surface area contributed by atoms with Gasteiger partial charge in [-0.05, 0) is 66.2 Å². The number of hydrogen-bond donors (Lipinski definition) is 0. The van der Waals surface area contributed by atoms with E-state index in [-0.39, 0.29) is 11.5 Å². The zero-order valence-corrected chi connectivity index (χ0v) is 19.4. The molecule has 0 amide bonds. The minimum Gasteiger partial charge on any atom is -0.489 e. The van der Waals surface area contributed by atoms with Crippen molar-refractivity contribution in [3.63, 3.8) is 0 Å². The first kappa shape index (κ1) is 22.3. The molecule has 2 heterocycles. The van der Waals surface area contributed by atoms with E-state index in [9.17, 15) is 13.2 Å². The molecular formula is C22H22N6O4S. The van der Waals surface area contributed by atoms with Crippen LogP contribution in [-0.2, 0) is 23.5 Å². The van der Waals surface area contributed by atoms with Crippen LogP contribution in [0.4, 0.5) is 0 Å². The number of benzene rings is 2. The number of tetrazole rings is 1. The third-order valence-electron chi connectivity index (χ3n) is 5.06. The summed E-state index contributed by atoms with van der Waals surface area (Å²) in [5.41, 5.74) is 2.63. The highest BCUT2D eigenvalue weighted by Gasteiger charge is 2.21. The summed E-state index contributed by atoms with van der Waals surface area (Å²) >= 11 is 0. The number of aryl methyl sites for hydroxylation is 3. The lowest BCUT2D eigenvalue weighted by Gasteiger charge is -2.15. The smallest absolute Gasteiger partial charge is 0.368 e. The summed E-state index contributed by atoms with van der Waals surface area (Å²) in [6.45, 7) is 3.68. The Morgan fingerprint density at radius 3 is 2.48 bits per heavy atom. The van der Waals surface area contributed by atoms with Crippen molar-refractivity contribution >= 4 is 9.84 Å². The van der Waals surface area contributed by atoms with Crippen LogP contribution >= 0.6 is 0 Å². The summed E-state index contributed by atoms with van der Waals surface area (Å²) in [7, 11) is -2.13. The first-order valence-electron chi connectivity index (χ1n) is 10.00. The van der Waals surface area contributed by atoms with E-state index in [0.717, 1.165) is 32.4 Å². The van der Waals surface area contributed by atoms with Gasteiger partial charge in [0.2, 0.25) is 0 Å². The summed E-state index contributed by atoms with van der Waals surface area (Å²) in [4.78, 5) is 21.2. The second-order valence-electron chi connectivity index (χ2n) is 7.61. The lowest BCUT2D eigenvalue weighted by molar-refractivity contribution is 0.300. The Morgan fingerprint density at radius 2 is 1.85 bits per heavy atom. The van der Waals surface area contributed by atoms with Gasteiger partial charge >= 0.3 is 5.69 Å². The van der Waals surface area contributed by atoms with Crippen molar-refractivity contribution in [1.82, 2.24) is 29.8 Å². The summed E-state index contributed by atoms with van der Waals surface area (Å²) in [6.07, 6.45) is 2.81. The maximum absolute atomic E-state index is 12.4. The van der Waals surface area contributed by atoms with Crippen molar-refractivity contribution in [1.29, 1.82) is 0 Å². The van der Waals surface area contributed by atoms with Gasteiger partial charge in [-0.15, -0.1) is 0 Å². The topological polar surface area (TPSA) is 122 Å². The molecule has 4 rings (SSSR count). The van der Waals surface area contributed by atoms with Gasteiger partial charge in [-0.1, -0.05) is 6.07 Å². The summed E-state index contributed by atoms with van der Waals surface area (Å²) < 4.78 is 33.0. The maximum Gasteiger partial charge on any atom is 0.368 e. The van der Waals surface area contributed by atoms with Crippen molar-refractivity contribution < 1.29 is 13.2 Å². The monoisotopic (exact) mass is 466 g/mol. The summed E-state index contributed by atoms with van der Waals surface area (Å²) in [5, 5.41) is 7.56. The highest BCUT2D eigenvalue weighted by molar-refractivity contribution is 7.90. The number of sulfone groups is 1. The Bertz CT molecular complexity index is 1510. The molecule has 2 aromatic heterocycles. The average Bonchev–Trinajstić information content (AvgIpc) is 3.10. The Balaban J connectivity index is 1.71. The summed E-state index contributed by atoms with van der Waals surface area (Å²) in [6, 6.07) is 12.0. The minimum atomic E-state index is -3.60. The van der Waals surface area contributed by atoms with Gasteiger partial charge in [0, 0.05) is 36.3 Å². The van der Waals surface area contributed by atoms with Crippen LogP contribution in [0.25, 0.3) is 17.1 Å². The number of rotatable bonds is 6. The standard InChI is InChI=1S/C22H22N6O4S/c1-14-12-16(21-23-11-10-15(2)24-21)8-9-19(14)32-13-17-18(28-22(29)27(3)25-26-28)6-5-7-20(17)33(4,30)31/h5-12H,13H2,1-4H3. The molecule has 11 heteroatoms. The number of hydrogen-bond acceptors (Lipinski definition) is 8. The Kier molecular flexibility index (Phi) is 5.81. The fourth-order valence-corrected chi connectivity index (χ4v) is 4.33. The van der Waals surface area contributed by atoms with Crippen molar-refractivity contribution in [3.8, 4) is 22.8 Å². The van der Waals surface area contributed by atoms with Crippen molar-refractivity contribution in [2.24, 2.45) is 7.05 Å².